The number of carbonyl (C=O) groups excluding carboxylic acids is 1. The molecule has 0 radical (unpaired) electrons. The maximum absolute atomic E-state index is 11.9. The summed E-state index contributed by atoms with van der Waals surface area (Å²) in [5.74, 6) is 0.0135. The zero-order valence-corrected chi connectivity index (χ0v) is 10.8. The van der Waals surface area contributed by atoms with Crippen molar-refractivity contribution < 1.29 is 9.53 Å². The molecule has 1 aromatic rings. The lowest BCUT2D eigenvalue weighted by atomic mass is 10.2. The molecule has 5 nitrogen and oxygen atoms in total. The smallest absolute Gasteiger partial charge is 0.237 e. The van der Waals surface area contributed by atoms with Gasteiger partial charge in [-0.15, -0.1) is 0 Å². The second-order valence-corrected chi connectivity index (χ2v) is 4.54. The summed E-state index contributed by atoms with van der Waals surface area (Å²) >= 11 is 0. The van der Waals surface area contributed by atoms with Crippen molar-refractivity contribution in [1.29, 1.82) is 0 Å². The van der Waals surface area contributed by atoms with Crippen LogP contribution >= 0.6 is 0 Å². The minimum absolute atomic E-state index is 0.0135. The van der Waals surface area contributed by atoms with E-state index in [1.165, 1.54) is 0 Å². The monoisotopic (exact) mass is 249 g/mol. The van der Waals surface area contributed by atoms with Crippen molar-refractivity contribution in [2.45, 2.75) is 32.0 Å². The standard InChI is InChI=1S/C13H19N3O2/c1-9-4-3-5-14-12(9)8-16-13(17)11-6-10(18-2)7-15-11/h3-5,10-11,15H,6-8H2,1-2H3,(H,16,17)/t10-,11-/m0/s1. The van der Waals surface area contributed by atoms with Gasteiger partial charge in [-0.1, -0.05) is 6.07 Å². The van der Waals surface area contributed by atoms with Gasteiger partial charge in [0.1, 0.15) is 0 Å². The van der Waals surface area contributed by atoms with Crippen LogP contribution in [0.5, 0.6) is 0 Å². The molecule has 2 atom stereocenters. The minimum Gasteiger partial charge on any atom is -0.380 e. The first-order valence-electron chi connectivity index (χ1n) is 6.15. The van der Waals surface area contributed by atoms with Crippen LogP contribution in [-0.2, 0) is 16.1 Å². The van der Waals surface area contributed by atoms with E-state index in [-0.39, 0.29) is 18.1 Å². The van der Waals surface area contributed by atoms with E-state index < -0.39 is 0 Å². The number of carbonyl (C=O) groups is 1. The highest BCUT2D eigenvalue weighted by molar-refractivity contribution is 5.82. The van der Waals surface area contributed by atoms with Gasteiger partial charge in [0.25, 0.3) is 0 Å². The molecule has 0 bridgehead atoms. The van der Waals surface area contributed by atoms with Crippen LogP contribution in [0.3, 0.4) is 0 Å². The van der Waals surface area contributed by atoms with Crippen molar-refractivity contribution in [2.24, 2.45) is 0 Å². The first-order chi connectivity index (χ1) is 8.70. The SMILES string of the molecule is CO[C@@H]1CN[C@H](C(=O)NCc2ncccc2C)C1. The first kappa shape index (κ1) is 13.0. The third kappa shape index (κ3) is 3.05. The molecule has 2 heterocycles. The zero-order chi connectivity index (χ0) is 13.0. The molecule has 1 aromatic heterocycles. The second-order valence-electron chi connectivity index (χ2n) is 4.54. The van der Waals surface area contributed by atoms with Crippen molar-refractivity contribution in [1.82, 2.24) is 15.6 Å². The number of ether oxygens (including phenoxy) is 1. The van der Waals surface area contributed by atoms with Crippen molar-refractivity contribution >= 4 is 5.91 Å². The molecule has 0 spiro atoms. The van der Waals surface area contributed by atoms with Crippen molar-refractivity contribution in [3.05, 3.63) is 29.6 Å². The van der Waals surface area contributed by atoms with E-state index in [1.807, 2.05) is 19.1 Å². The number of nitrogens with one attached hydrogen (secondary N) is 2. The summed E-state index contributed by atoms with van der Waals surface area (Å²) in [6.45, 7) is 3.20. The van der Waals surface area contributed by atoms with Crippen LogP contribution in [0.15, 0.2) is 18.3 Å². The van der Waals surface area contributed by atoms with Gasteiger partial charge in [0, 0.05) is 19.9 Å². The Kier molecular flexibility index (Phi) is 4.28. The zero-order valence-electron chi connectivity index (χ0n) is 10.8. The summed E-state index contributed by atoms with van der Waals surface area (Å²) in [4.78, 5) is 16.2. The fourth-order valence-electron chi connectivity index (χ4n) is 2.08. The molecule has 0 aliphatic carbocycles. The van der Waals surface area contributed by atoms with Gasteiger partial charge in [-0.2, -0.15) is 0 Å². The molecule has 2 N–H and O–H groups in total. The van der Waals surface area contributed by atoms with Crippen LogP contribution in [-0.4, -0.2) is 36.7 Å². The Morgan fingerprint density at radius 3 is 3.17 bits per heavy atom. The molecule has 1 aliphatic heterocycles. The fraction of sp³-hybridized carbons (Fsp3) is 0.538. The van der Waals surface area contributed by atoms with E-state index >= 15 is 0 Å². The topological polar surface area (TPSA) is 63.2 Å². The van der Waals surface area contributed by atoms with Gasteiger partial charge in [0.15, 0.2) is 0 Å². The average Bonchev–Trinajstić information content (AvgIpc) is 2.86. The van der Waals surface area contributed by atoms with Crippen molar-refractivity contribution in [3.63, 3.8) is 0 Å². The number of hydrogen-bond acceptors (Lipinski definition) is 4. The van der Waals surface area contributed by atoms with Gasteiger partial charge >= 0.3 is 0 Å². The second kappa shape index (κ2) is 5.93. The average molecular weight is 249 g/mol. The van der Waals surface area contributed by atoms with Crippen LogP contribution < -0.4 is 10.6 Å². The largest absolute Gasteiger partial charge is 0.380 e. The summed E-state index contributed by atoms with van der Waals surface area (Å²) < 4.78 is 5.22. The number of hydrogen-bond donors (Lipinski definition) is 2. The van der Waals surface area contributed by atoms with Crippen molar-refractivity contribution in [3.8, 4) is 0 Å². The molecule has 2 rings (SSSR count). The maximum atomic E-state index is 11.9. The van der Waals surface area contributed by atoms with Gasteiger partial charge in [-0.25, -0.2) is 0 Å². The molecule has 1 saturated heterocycles. The summed E-state index contributed by atoms with van der Waals surface area (Å²) in [6, 6.07) is 3.73. The molecular weight excluding hydrogens is 230 g/mol. The minimum atomic E-state index is -0.154. The lowest BCUT2D eigenvalue weighted by Gasteiger charge is -2.11. The quantitative estimate of drug-likeness (QED) is 0.810. The molecule has 1 fully saturated rings. The lowest BCUT2D eigenvalue weighted by Crippen LogP contribution is -2.40. The maximum Gasteiger partial charge on any atom is 0.237 e. The molecule has 0 saturated carbocycles. The molecule has 5 heteroatoms. The van der Waals surface area contributed by atoms with Crippen LogP contribution in [0.25, 0.3) is 0 Å². The molecule has 1 amide bonds. The first-order valence-corrected chi connectivity index (χ1v) is 6.15. The van der Waals surface area contributed by atoms with E-state index in [1.54, 1.807) is 13.3 Å². The fourth-order valence-corrected chi connectivity index (χ4v) is 2.08. The predicted octanol–water partition coefficient (Wildman–Crippen LogP) is 0.383. The number of methoxy groups -OCH3 is 1. The molecule has 0 unspecified atom stereocenters. The van der Waals surface area contributed by atoms with E-state index in [0.29, 0.717) is 6.54 Å². The number of aromatic nitrogens is 1. The summed E-state index contributed by atoms with van der Waals surface area (Å²) in [5.41, 5.74) is 2.00. The molecule has 18 heavy (non-hydrogen) atoms. The highest BCUT2D eigenvalue weighted by atomic mass is 16.5. The number of rotatable bonds is 4. The number of nitrogens with zero attached hydrogens (tertiary/aromatic N) is 1. The highest BCUT2D eigenvalue weighted by Gasteiger charge is 2.28. The predicted molar refractivity (Wildman–Crippen MR) is 68.0 cm³/mol. The van der Waals surface area contributed by atoms with Gasteiger partial charge in [0.05, 0.1) is 24.4 Å². The lowest BCUT2D eigenvalue weighted by molar-refractivity contribution is -0.123. The Labute approximate surface area is 107 Å². The van der Waals surface area contributed by atoms with Crippen LogP contribution in [0, 0.1) is 6.92 Å². The highest BCUT2D eigenvalue weighted by Crippen LogP contribution is 2.10. The summed E-state index contributed by atoms with van der Waals surface area (Å²) in [5, 5.41) is 6.06. The number of amides is 1. The Hall–Kier alpha value is -1.46. The van der Waals surface area contributed by atoms with Gasteiger partial charge < -0.3 is 15.4 Å². The van der Waals surface area contributed by atoms with Crippen molar-refractivity contribution in [2.75, 3.05) is 13.7 Å². The van der Waals surface area contributed by atoms with E-state index in [9.17, 15) is 4.79 Å². The van der Waals surface area contributed by atoms with E-state index in [2.05, 4.69) is 15.6 Å². The summed E-state index contributed by atoms with van der Waals surface area (Å²) in [6.07, 6.45) is 2.60. The van der Waals surface area contributed by atoms with E-state index in [4.69, 9.17) is 4.74 Å². The Balaban J connectivity index is 1.84. The normalized spacial score (nSPS) is 23.0. The molecule has 1 aliphatic rings. The number of pyridine rings is 1. The Bertz CT molecular complexity index is 422. The molecular formula is C13H19N3O2. The third-order valence-corrected chi connectivity index (χ3v) is 3.29. The molecule has 0 aromatic carbocycles. The number of aryl methyl sites for hydroxylation is 1. The Morgan fingerprint density at radius 2 is 2.50 bits per heavy atom. The van der Waals surface area contributed by atoms with Crippen LogP contribution in [0.4, 0.5) is 0 Å². The molecule has 98 valence electrons. The summed E-state index contributed by atoms with van der Waals surface area (Å²) in [7, 11) is 1.67. The van der Waals surface area contributed by atoms with Crippen LogP contribution in [0.2, 0.25) is 0 Å². The van der Waals surface area contributed by atoms with Crippen LogP contribution in [0.1, 0.15) is 17.7 Å². The van der Waals surface area contributed by atoms with Gasteiger partial charge in [-0.05, 0) is 25.0 Å². The third-order valence-electron chi connectivity index (χ3n) is 3.29. The van der Waals surface area contributed by atoms with Gasteiger partial charge in [-0.3, -0.25) is 9.78 Å². The van der Waals surface area contributed by atoms with E-state index in [0.717, 1.165) is 24.2 Å². The Morgan fingerprint density at radius 1 is 1.67 bits per heavy atom. The van der Waals surface area contributed by atoms with Gasteiger partial charge in [0.2, 0.25) is 5.91 Å².